The lowest BCUT2D eigenvalue weighted by atomic mass is 10.1. The van der Waals surface area contributed by atoms with Crippen LogP contribution < -0.4 is 5.73 Å². The molecule has 0 aromatic rings. The molecule has 0 radical (unpaired) electrons. The van der Waals surface area contributed by atoms with Crippen LogP contribution in [-0.2, 0) is 4.74 Å². The molecule has 0 rings (SSSR count). The molecule has 0 heterocycles. The van der Waals surface area contributed by atoms with Crippen LogP contribution in [0.5, 0.6) is 0 Å². The molecule has 0 aliphatic heterocycles. The van der Waals surface area contributed by atoms with Crippen LogP contribution in [0.1, 0.15) is 52.4 Å². The molecule has 1 unspecified atom stereocenters. The monoisotopic (exact) mass is 187 g/mol. The molecular formula is C11H25NO. The highest BCUT2D eigenvalue weighted by molar-refractivity contribution is 4.52. The Kier molecular flexibility index (Phi) is 9.94. The molecule has 0 saturated heterocycles. The number of unbranched alkanes of at least 4 members (excludes halogenated alkanes) is 3. The molecule has 0 aliphatic carbocycles. The van der Waals surface area contributed by atoms with Crippen molar-refractivity contribution >= 4 is 0 Å². The first-order valence-corrected chi connectivity index (χ1v) is 5.60. The number of hydrogen-bond donors (Lipinski definition) is 1. The number of ether oxygens (including phenoxy) is 1. The van der Waals surface area contributed by atoms with Gasteiger partial charge in [-0.05, 0) is 26.2 Å². The molecule has 0 saturated carbocycles. The molecule has 0 aliphatic rings. The highest BCUT2D eigenvalue weighted by atomic mass is 16.5. The molecule has 13 heavy (non-hydrogen) atoms. The predicted molar refractivity (Wildman–Crippen MR) is 57.8 cm³/mol. The summed E-state index contributed by atoms with van der Waals surface area (Å²) in [6.07, 6.45) is 7.26. The van der Waals surface area contributed by atoms with E-state index in [0.29, 0.717) is 6.04 Å². The number of hydrogen-bond acceptors (Lipinski definition) is 2. The fourth-order valence-corrected chi connectivity index (χ4v) is 1.20. The third-order valence-corrected chi connectivity index (χ3v) is 2.09. The van der Waals surface area contributed by atoms with Crippen molar-refractivity contribution in [3.63, 3.8) is 0 Å². The van der Waals surface area contributed by atoms with Gasteiger partial charge in [0, 0.05) is 19.3 Å². The molecule has 0 aromatic carbocycles. The van der Waals surface area contributed by atoms with E-state index in [1.807, 2.05) is 0 Å². The van der Waals surface area contributed by atoms with Crippen LogP contribution in [0, 0.1) is 0 Å². The van der Waals surface area contributed by atoms with E-state index in [1.165, 1.54) is 32.1 Å². The maximum absolute atomic E-state index is 5.64. The first kappa shape index (κ1) is 12.9. The zero-order valence-corrected chi connectivity index (χ0v) is 9.22. The van der Waals surface area contributed by atoms with Gasteiger partial charge in [0.1, 0.15) is 0 Å². The average Bonchev–Trinajstić information content (AvgIpc) is 2.09. The van der Waals surface area contributed by atoms with Crippen molar-refractivity contribution in [2.75, 3.05) is 13.2 Å². The van der Waals surface area contributed by atoms with Crippen LogP contribution in [0.15, 0.2) is 0 Å². The first-order chi connectivity index (χ1) is 6.27. The second-order valence-electron chi connectivity index (χ2n) is 3.79. The Morgan fingerprint density at radius 1 is 1.08 bits per heavy atom. The number of rotatable bonds is 9. The molecule has 2 N–H and O–H groups in total. The minimum absolute atomic E-state index is 0.362. The van der Waals surface area contributed by atoms with Crippen LogP contribution in [0.3, 0.4) is 0 Å². The maximum Gasteiger partial charge on any atom is 0.0466 e. The zero-order valence-electron chi connectivity index (χ0n) is 9.22. The molecule has 2 nitrogen and oxygen atoms in total. The van der Waals surface area contributed by atoms with Gasteiger partial charge >= 0.3 is 0 Å². The molecule has 0 fully saturated rings. The van der Waals surface area contributed by atoms with Crippen molar-refractivity contribution in [1.82, 2.24) is 0 Å². The van der Waals surface area contributed by atoms with Gasteiger partial charge in [-0.15, -0.1) is 0 Å². The van der Waals surface area contributed by atoms with Crippen molar-refractivity contribution in [2.24, 2.45) is 5.73 Å². The van der Waals surface area contributed by atoms with Crippen molar-refractivity contribution in [3.8, 4) is 0 Å². The van der Waals surface area contributed by atoms with Gasteiger partial charge in [0.05, 0.1) is 0 Å². The summed E-state index contributed by atoms with van der Waals surface area (Å²) in [6, 6.07) is 0.362. The van der Waals surface area contributed by atoms with Gasteiger partial charge in [0.15, 0.2) is 0 Å². The number of nitrogens with two attached hydrogens (primary N) is 1. The largest absolute Gasteiger partial charge is 0.381 e. The Bertz CT molecular complexity index is 94.1. The van der Waals surface area contributed by atoms with E-state index in [9.17, 15) is 0 Å². The van der Waals surface area contributed by atoms with Gasteiger partial charge in [-0.3, -0.25) is 0 Å². The fourth-order valence-electron chi connectivity index (χ4n) is 1.20. The predicted octanol–water partition coefficient (Wildman–Crippen LogP) is 2.71. The third kappa shape index (κ3) is 11.9. The Labute approximate surface area is 82.8 Å². The molecule has 1 atom stereocenters. The van der Waals surface area contributed by atoms with Gasteiger partial charge in [-0.1, -0.05) is 26.2 Å². The summed E-state index contributed by atoms with van der Waals surface area (Å²) in [5.41, 5.74) is 5.64. The van der Waals surface area contributed by atoms with Crippen LogP contribution in [0.2, 0.25) is 0 Å². The minimum atomic E-state index is 0.362. The van der Waals surface area contributed by atoms with Crippen molar-refractivity contribution < 1.29 is 4.74 Å². The van der Waals surface area contributed by atoms with E-state index in [-0.39, 0.29) is 0 Å². The Balaban J connectivity index is 2.84. The van der Waals surface area contributed by atoms with E-state index < -0.39 is 0 Å². The third-order valence-electron chi connectivity index (χ3n) is 2.09. The minimum Gasteiger partial charge on any atom is -0.381 e. The first-order valence-electron chi connectivity index (χ1n) is 5.60. The fraction of sp³-hybridized carbons (Fsp3) is 1.00. The summed E-state index contributed by atoms with van der Waals surface area (Å²) in [7, 11) is 0. The van der Waals surface area contributed by atoms with Crippen molar-refractivity contribution in [2.45, 2.75) is 58.4 Å². The maximum atomic E-state index is 5.64. The van der Waals surface area contributed by atoms with Gasteiger partial charge in [0.2, 0.25) is 0 Å². The van der Waals surface area contributed by atoms with E-state index >= 15 is 0 Å². The van der Waals surface area contributed by atoms with Gasteiger partial charge in [-0.25, -0.2) is 0 Å². The molecule has 0 bridgehead atoms. The molecule has 2 heteroatoms. The van der Waals surface area contributed by atoms with E-state index in [1.54, 1.807) is 0 Å². The summed E-state index contributed by atoms with van der Waals surface area (Å²) in [5.74, 6) is 0. The van der Waals surface area contributed by atoms with Crippen LogP contribution in [0.25, 0.3) is 0 Å². The van der Waals surface area contributed by atoms with Gasteiger partial charge < -0.3 is 10.5 Å². The highest BCUT2D eigenvalue weighted by Gasteiger charge is 1.94. The Morgan fingerprint density at radius 3 is 2.38 bits per heavy atom. The highest BCUT2D eigenvalue weighted by Crippen LogP contribution is 2.02. The van der Waals surface area contributed by atoms with Crippen LogP contribution >= 0.6 is 0 Å². The molecule has 0 spiro atoms. The summed E-state index contributed by atoms with van der Waals surface area (Å²) in [6.45, 7) is 6.12. The average molecular weight is 187 g/mol. The van der Waals surface area contributed by atoms with E-state index in [4.69, 9.17) is 10.5 Å². The molecule has 0 aromatic heterocycles. The smallest absolute Gasteiger partial charge is 0.0466 e. The molecular weight excluding hydrogens is 162 g/mol. The summed E-state index contributed by atoms with van der Waals surface area (Å²) in [5, 5.41) is 0. The second kappa shape index (κ2) is 10.0. The van der Waals surface area contributed by atoms with Gasteiger partial charge in [0.25, 0.3) is 0 Å². The summed E-state index contributed by atoms with van der Waals surface area (Å²) < 4.78 is 5.45. The summed E-state index contributed by atoms with van der Waals surface area (Å²) in [4.78, 5) is 0. The second-order valence-corrected chi connectivity index (χ2v) is 3.79. The standard InChI is InChI=1S/C11H25NO/c1-3-4-9-13-10-7-5-6-8-11(2)12/h11H,3-10,12H2,1-2H3. The Morgan fingerprint density at radius 2 is 1.77 bits per heavy atom. The van der Waals surface area contributed by atoms with Crippen LogP contribution in [-0.4, -0.2) is 19.3 Å². The SMILES string of the molecule is CCCCOCCCCCC(C)N. The quantitative estimate of drug-likeness (QED) is 0.563. The van der Waals surface area contributed by atoms with Crippen molar-refractivity contribution in [3.05, 3.63) is 0 Å². The van der Waals surface area contributed by atoms with Crippen molar-refractivity contribution in [1.29, 1.82) is 0 Å². The lowest BCUT2D eigenvalue weighted by Gasteiger charge is -2.05. The summed E-state index contributed by atoms with van der Waals surface area (Å²) >= 11 is 0. The normalized spacial score (nSPS) is 13.2. The van der Waals surface area contributed by atoms with Gasteiger partial charge in [-0.2, -0.15) is 0 Å². The lowest BCUT2D eigenvalue weighted by molar-refractivity contribution is 0.127. The molecule has 80 valence electrons. The van der Waals surface area contributed by atoms with Crippen LogP contribution in [0.4, 0.5) is 0 Å². The van der Waals surface area contributed by atoms with E-state index in [0.717, 1.165) is 19.6 Å². The molecule has 0 amide bonds. The topological polar surface area (TPSA) is 35.2 Å². The lowest BCUT2D eigenvalue weighted by Crippen LogP contribution is -2.14. The zero-order chi connectivity index (χ0) is 9.94. The van der Waals surface area contributed by atoms with E-state index in [2.05, 4.69) is 13.8 Å². The Hall–Kier alpha value is -0.0800.